The molecule has 0 radical (unpaired) electrons. The fourth-order valence-corrected chi connectivity index (χ4v) is 4.81. The van der Waals surface area contributed by atoms with Crippen LogP contribution in [-0.4, -0.2) is 41.2 Å². The molecular formula is C24H25N4OS+. The highest BCUT2D eigenvalue weighted by Crippen LogP contribution is 2.22. The van der Waals surface area contributed by atoms with Gasteiger partial charge in [0.15, 0.2) is 0 Å². The molecule has 2 N–H and O–H groups in total. The number of hydrazone groups is 1. The van der Waals surface area contributed by atoms with E-state index in [1.165, 1.54) is 11.1 Å². The molecule has 0 saturated carbocycles. The number of carbonyl (C=O) groups excluding carboxylic acids is 1. The Hall–Kier alpha value is -2.96. The van der Waals surface area contributed by atoms with Crippen molar-refractivity contribution in [3.63, 3.8) is 0 Å². The molecule has 1 amide bonds. The van der Waals surface area contributed by atoms with Crippen LogP contribution in [0.2, 0.25) is 0 Å². The SMILES string of the molecule is O=C(CSC1C[NH+](C(c2ccccc2)c2ccccc2)C1)N/N=C\c1cccnc1. The topological polar surface area (TPSA) is 58.8 Å². The van der Waals surface area contributed by atoms with Gasteiger partial charge in [-0.25, -0.2) is 5.43 Å². The number of aromatic nitrogens is 1. The Bertz CT molecular complexity index is 921. The number of thioether (sulfide) groups is 1. The average Bonchev–Trinajstić information content (AvgIpc) is 2.77. The number of nitrogens with one attached hydrogen (secondary N) is 2. The molecule has 2 aromatic carbocycles. The smallest absolute Gasteiger partial charge is 0.250 e. The third-order valence-corrected chi connectivity index (χ3v) is 6.42. The summed E-state index contributed by atoms with van der Waals surface area (Å²) in [5.74, 6) is 0.347. The second-order valence-electron chi connectivity index (χ2n) is 7.33. The summed E-state index contributed by atoms with van der Waals surface area (Å²) in [6, 6.07) is 25.4. The Morgan fingerprint density at radius 2 is 1.73 bits per heavy atom. The molecular weight excluding hydrogens is 392 g/mol. The molecule has 1 aliphatic heterocycles. The Labute approximate surface area is 181 Å². The molecule has 0 spiro atoms. The van der Waals surface area contributed by atoms with Gasteiger partial charge in [-0.3, -0.25) is 9.78 Å². The molecule has 5 nitrogen and oxygen atoms in total. The van der Waals surface area contributed by atoms with Gasteiger partial charge in [-0.05, 0) is 6.07 Å². The summed E-state index contributed by atoms with van der Waals surface area (Å²) in [5.41, 5.74) is 6.13. The molecule has 0 unspecified atom stereocenters. The highest BCUT2D eigenvalue weighted by Gasteiger charge is 2.38. The maximum absolute atomic E-state index is 12.1. The number of hydrogen-bond acceptors (Lipinski definition) is 4. The summed E-state index contributed by atoms with van der Waals surface area (Å²) in [4.78, 5) is 17.6. The van der Waals surface area contributed by atoms with Crippen LogP contribution < -0.4 is 10.3 Å². The number of pyridine rings is 1. The zero-order valence-corrected chi connectivity index (χ0v) is 17.5. The molecule has 1 aliphatic rings. The molecule has 0 atom stereocenters. The summed E-state index contributed by atoms with van der Waals surface area (Å²) in [6.07, 6.45) is 5.01. The Morgan fingerprint density at radius 3 is 2.33 bits per heavy atom. The molecule has 1 fully saturated rings. The molecule has 6 heteroatoms. The second-order valence-corrected chi connectivity index (χ2v) is 8.62. The van der Waals surface area contributed by atoms with E-state index in [-0.39, 0.29) is 5.91 Å². The maximum atomic E-state index is 12.1. The van der Waals surface area contributed by atoms with Crippen LogP contribution in [0.3, 0.4) is 0 Å². The Balaban J connectivity index is 1.27. The molecule has 0 bridgehead atoms. The first-order valence-corrected chi connectivity index (χ1v) is 11.1. The average molecular weight is 418 g/mol. The van der Waals surface area contributed by atoms with Crippen molar-refractivity contribution in [2.24, 2.45) is 5.10 Å². The molecule has 4 rings (SSSR count). The van der Waals surface area contributed by atoms with E-state index < -0.39 is 0 Å². The van der Waals surface area contributed by atoms with E-state index in [1.54, 1.807) is 35.3 Å². The van der Waals surface area contributed by atoms with Gasteiger partial charge in [-0.1, -0.05) is 66.7 Å². The monoisotopic (exact) mass is 417 g/mol. The minimum atomic E-state index is -0.0729. The van der Waals surface area contributed by atoms with Crippen LogP contribution in [0.5, 0.6) is 0 Å². The van der Waals surface area contributed by atoms with E-state index >= 15 is 0 Å². The van der Waals surface area contributed by atoms with Crippen LogP contribution >= 0.6 is 11.8 Å². The highest BCUT2D eigenvalue weighted by atomic mass is 32.2. The zero-order valence-electron chi connectivity index (χ0n) is 16.6. The largest absolute Gasteiger partial charge is 0.323 e. The lowest BCUT2D eigenvalue weighted by Crippen LogP contribution is -3.21. The number of benzene rings is 2. The van der Waals surface area contributed by atoms with Gasteiger partial charge in [0.05, 0.1) is 25.1 Å². The van der Waals surface area contributed by atoms with Crippen LogP contribution in [0.1, 0.15) is 22.7 Å². The molecule has 1 saturated heterocycles. The maximum Gasteiger partial charge on any atom is 0.250 e. The van der Waals surface area contributed by atoms with Crippen molar-refractivity contribution in [3.8, 4) is 0 Å². The van der Waals surface area contributed by atoms with Gasteiger partial charge in [0.25, 0.3) is 0 Å². The van der Waals surface area contributed by atoms with Crippen molar-refractivity contribution in [2.75, 3.05) is 18.8 Å². The summed E-state index contributed by atoms with van der Waals surface area (Å²) >= 11 is 1.71. The third-order valence-electron chi connectivity index (χ3n) is 5.19. The number of amides is 1. The molecule has 2 heterocycles. The van der Waals surface area contributed by atoms with Crippen LogP contribution in [0.15, 0.2) is 90.3 Å². The predicted molar refractivity (Wildman–Crippen MR) is 122 cm³/mol. The van der Waals surface area contributed by atoms with Crippen LogP contribution in [0.4, 0.5) is 0 Å². The van der Waals surface area contributed by atoms with Crippen molar-refractivity contribution in [2.45, 2.75) is 11.3 Å². The van der Waals surface area contributed by atoms with Gasteiger partial charge in [-0.15, -0.1) is 11.8 Å². The van der Waals surface area contributed by atoms with E-state index in [0.717, 1.165) is 18.7 Å². The Kier molecular flexibility index (Phi) is 6.90. The van der Waals surface area contributed by atoms with Crippen molar-refractivity contribution in [1.29, 1.82) is 0 Å². The predicted octanol–water partition coefficient (Wildman–Crippen LogP) is 2.32. The fourth-order valence-electron chi connectivity index (χ4n) is 3.69. The number of likely N-dealkylation sites (tertiary alicyclic amines) is 1. The minimum absolute atomic E-state index is 0.0729. The van der Waals surface area contributed by atoms with Crippen LogP contribution in [0.25, 0.3) is 0 Å². The van der Waals surface area contributed by atoms with Crippen molar-refractivity contribution >= 4 is 23.9 Å². The summed E-state index contributed by atoms with van der Waals surface area (Å²) < 4.78 is 0. The van der Waals surface area contributed by atoms with Crippen molar-refractivity contribution in [1.82, 2.24) is 10.4 Å². The molecule has 152 valence electrons. The van der Waals surface area contributed by atoms with E-state index in [1.807, 2.05) is 12.1 Å². The summed E-state index contributed by atoms with van der Waals surface area (Å²) in [7, 11) is 0. The molecule has 1 aromatic heterocycles. The van der Waals surface area contributed by atoms with Crippen molar-refractivity contribution < 1.29 is 9.69 Å². The standard InChI is InChI=1S/C24H24N4OS/c29-23(27-26-15-19-8-7-13-25-14-19)18-30-22-16-28(17-22)24(20-9-3-1-4-10-20)21-11-5-2-6-12-21/h1-15,22,24H,16-18H2,(H,27,29)/p+1/b26-15-. The van der Waals surface area contributed by atoms with Crippen molar-refractivity contribution in [3.05, 3.63) is 102 Å². The number of carbonyl (C=O) groups is 1. The van der Waals surface area contributed by atoms with E-state index in [9.17, 15) is 4.79 Å². The Morgan fingerprint density at radius 1 is 1.07 bits per heavy atom. The lowest BCUT2D eigenvalue weighted by molar-refractivity contribution is -0.960. The van der Waals surface area contributed by atoms with Gasteiger partial charge in [0.2, 0.25) is 5.91 Å². The molecule has 30 heavy (non-hydrogen) atoms. The van der Waals surface area contributed by atoms with E-state index in [2.05, 4.69) is 76.2 Å². The van der Waals surface area contributed by atoms with E-state index in [4.69, 9.17) is 0 Å². The van der Waals surface area contributed by atoms with Crippen LogP contribution in [-0.2, 0) is 4.79 Å². The van der Waals surface area contributed by atoms with Gasteiger partial charge in [-0.2, -0.15) is 5.10 Å². The quantitative estimate of drug-likeness (QED) is 0.437. The number of quaternary nitrogens is 1. The molecule has 0 aliphatic carbocycles. The number of rotatable bonds is 8. The zero-order chi connectivity index (χ0) is 20.6. The fraction of sp³-hybridized carbons (Fsp3) is 0.208. The normalized spacial score (nSPS) is 18.3. The lowest BCUT2D eigenvalue weighted by Gasteiger charge is -2.40. The first-order valence-electron chi connectivity index (χ1n) is 10.1. The minimum Gasteiger partial charge on any atom is -0.323 e. The summed E-state index contributed by atoms with van der Waals surface area (Å²) in [6.45, 7) is 2.09. The van der Waals surface area contributed by atoms with Gasteiger partial charge in [0.1, 0.15) is 11.3 Å². The van der Waals surface area contributed by atoms with E-state index in [0.29, 0.717) is 17.0 Å². The first kappa shape index (κ1) is 20.3. The number of hydrogen-bond donors (Lipinski definition) is 2. The number of nitrogens with zero attached hydrogens (tertiary/aromatic N) is 2. The van der Waals surface area contributed by atoms with Gasteiger partial charge < -0.3 is 4.90 Å². The molecule has 3 aromatic rings. The van der Waals surface area contributed by atoms with Gasteiger partial charge >= 0.3 is 0 Å². The van der Waals surface area contributed by atoms with Gasteiger partial charge in [0, 0.05) is 29.1 Å². The van der Waals surface area contributed by atoms with Crippen LogP contribution in [0, 0.1) is 0 Å². The second kappa shape index (κ2) is 10.2. The summed E-state index contributed by atoms with van der Waals surface area (Å²) in [5, 5.41) is 4.49. The highest BCUT2D eigenvalue weighted by molar-refractivity contribution is 8.00. The lowest BCUT2D eigenvalue weighted by atomic mass is 9.94. The third kappa shape index (κ3) is 5.34. The first-order chi connectivity index (χ1) is 14.8.